The highest BCUT2D eigenvalue weighted by Gasteiger charge is 2.17. The molecule has 1 aromatic heterocycles. The van der Waals surface area contributed by atoms with Gasteiger partial charge in [-0.15, -0.1) is 0 Å². The molecule has 2 aromatic rings. The molecule has 0 aliphatic carbocycles. The second kappa shape index (κ2) is 5.81. The molecule has 3 nitrogen and oxygen atoms in total. The fourth-order valence-corrected chi connectivity index (χ4v) is 3.12. The summed E-state index contributed by atoms with van der Waals surface area (Å²) in [6.45, 7) is 4.11. The third-order valence-corrected chi connectivity index (χ3v) is 4.37. The monoisotopic (exact) mass is 407 g/mol. The number of hydrogen-bond donors (Lipinski definition) is 1. The summed E-state index contributed by atoms with van der Waals surface area (Å²) >= 11 is 14.5. The van der Waals surface area contributed by atoms with Gasteiger partial charge in [-0.1, -0.05) is 43.1 Å². The SMILES string of the molecule is CC(C)c1nc(-c2c(Cl)cccc2Cl)nc(N)c1I. The average molecular weight is 408 g/mol. The van der Waals surface area contributed by atoms with Gasteiger partial charge in [0, 0.05) is 0 Å². The highest BCUT2D eigenvalue weighted by atomic mass is 127. The Hall–Kier alpha value is -0.590. The van der Waals surface area contributed by atoms with Crippen LogP contribution in [-0.2, 0) is 0 Å². The van der Waals surface area contributed by atoms with Crippen LogP contribution in [0.2, 0.25) is 10.0 Å². The molecule has 0 unspecified atom stereocenters. The summed E-state index contributed by atoms with van der Waals surface area (Å²) in [5.74, 6) is 1.17. The molecule has 1 heterocycles. The average Bonchev–Trinajstić information content (AvgIpc) is 2.32. The van der Waals surface area contributed by atoms with Crippen LogP contribution in [0.1, 0.15) is 25.5 Å². The van der Waals surface area contributed by atoms with E-state index < -0.39 is 0 Å². The molecule has 19 heavy (non-hydrogen) atoms. The molecule has 2 rings (SSSR count). The molecular formula is C13H12Cl2IN3. The Morgan fingerprint density at radius 2 is 1.74 bits per heavy atom. The number of nitrogens with zero attached hydrogens (tertiary/aromatic N) is 2. The second-order valence-electron chi connectivity index (χ2n) is 4.38. The largest absolute Gasteiger partial charge is 0.383 e. The van der Waals surface area contributed by atoms with Crippen molar-refractivity contribution in [3.63, 3.8) is 0 Å². The van der Waals surface area contributed by atoms with Crippen molar-refractivity contribution in [2.45, 2.75) is 19.8 Å². The fraction of sp³-hybridized carbons (Fsp3) is 0.231. The number of rotatable bonds is 2. The lowest BCUT2D eigenvalue weighted by Gasteiger charge is -2.13. The first-order valence-electron chi connectivity index (χ1n) is 5.69. The highest BCUT2D eigenvalue weighted by molar-refractivity contribution is 14.1. The van der Waals surface area contributed by atoms with Crippen LogP contribution in [0.25, 0.3) is 11.4 Å². The van der Waals surface area contributed by atoms with Crippen molar-refractivity contribution in [3.8, 4) is 11.4 Å². The lowest BCUT2D eigenvalue weighted by atomic mass is 10.1. The third-order valence-electron chi connectivity index (χ3n) is 2.64. The molecule has 6 heteroatoms. The predicted molar refractivity (Wildman–Crippen MR) is 88.7 cm³/mol. The van der Waals surface area contributed by atoms with Gasteiger partial charge in [-0.2, -0.15) is 0 Å². The number of anilines is 1. The van der Waals surface area contributed by atoms with Gasteiger partial charge in [0.25, 0.3) is 0 Å². The molecule has 0 bridgehead atoms. The van der Waals surface area contributed by atoms with Crippen molar-refractivity contribution in [2.75, 3.05) is 5.73 Å². The van der Waals surface area contributed by atoms with E-state index in [0.29, 0.717) is 27.3 Å². The van der Waals surface area contributed by atoms with Gasteiger partial charge in [0.05, 0.1) is 24.9 Å². The minimum atomic E-state index is 0.247. The Morgan fingerprint density at radius 3 is 2.26 bits per heavy atom. The molecule has 0 aliphatic rings. The Balaban J connectivity index is 2.70. The van der Waals surface area contributed by atoms with Crippen LogP contribution in [0.15, 0.2) is 18.2 Å². The van der Waals surface area contributed by atoms with E-state index in [4.69, 9.17) is 28.9 Å². The van der Waals surface area contributed by atoms with Crippen LogP contribution in [0.4, 0.5) is 5.82 Å². The normalized spacial score (nSPS) is 11.1. The molecule has 0 radical (unpaired) electrons. The lowest BCUT2D eigenvalue weighted by Crippen LogP contribution is -2.06. The summed E-state index contributed by atoms with van der Waals surface area (Å²) in [5.41, 5.74) is 7.48. The van der Waals surface area contributed by atoms with E-state index in [2.05, 4.69) is 46.4 Å². The molecule has 0 saturated heterocycles. The molecule has 1 aromatic carbocycles. The van der Waals surface area contributed by atoms with Crippen molar-refractivity contribution >= 4 is 51.6 Å². The number of nitrogen functional groups attached to an aromatic ring is 1. The Kier molecular flexibility index (Phi) is 4.53. The number of hydrogen-bond acceptors (Lipinski definition) is 3. The first-order chi connectivity index (χ1) is 8.91. The van der Waals surface area contributed by atoms with Crippen molar-refractivity contribution in [2.24, 2.45) is 0 Å². The van der Waals surface area contributed by atoms with E-state index in [-0.39, 0.29) is 5.92 Å². The Morgan fingerprint density at radius 1 is 1.16 bits per heavy atom. The second-order valence-corrected chi connectivity index (χ2v) is 6.28. The van der Waals surface area contributed by atoms with Gasteiger partial charge in [-0.05, 0) is 40.6 Å². The van der Waals surface area contributed by atoms with E-state index in [1.165, 1.54) is 0 Å². The summed E-state index contributed by atoms with van der Waals surface area (Å²) in [4.78, 5) is 8.86. The summed E-state index contributed by atoms with van der Waals surface area (Å²) in [7, 11) is 0. The van der Waals surface area contributed by atoms with E-state index in [1.807, 2.05) is 0 Å². The fourth-order valence-electron chi connectivity index (χ4n) is 1.69. The quantitative estimate of drug-likeness (QED) is 0.730. The topological polar surface area (TPSA) is 51.8 Å². The Labute approximate surface area is 135 Å². The first kappa shape index (κ1) is 14.8. The number of halogens is 3. The highest BCUT2D eigenvalue weighted by Crippen LogP contribution is 2.34. The van der Waals surface area contributed by atoms with E-state index in [9.17, 15) is 0 Å². The van der Waals surface area contributed by atoms with Gasteiger partial charge in [0.1, 0.15) is 5.82 Å². The van der Waals surface area contributed by atoms with E-state index in [1.54, 1.807) is 18.2 Å². The zero-order valence-corrected chi connectivity index (χ0v) is 14.1. The minimum absolute atomic E-state index is 0.247. The zero-order chi connectivity index (χ0) is 14.2. The lowest BCUT2D eigenvalue weighted by molar-refractivity contribution is 0.810. The number of aromatic nitrogens is 2. The summed E-state index contributed by atoms with van der Waals surface area (Å²) in [6.07, 6.45) is 0. The van der Waals surface area contributed by atoms with Crippen LogP contribution >= 0.6 is 45.8 Å². The van der Waals surface area contributed by atoms with Gasteiger partial charge in [0.15, 0.2) is 5.82 Å². The van der Waals surface area contributed by atoms with E-state index >= 15 is 0 Å². The summed E-state index contributed by atoms with van der Waals surface area (Å²) in [5, 5.41) is 1.03. The maximum atomic E-state index is 6.18. The van der Waals surface area contributed by atoms with Gasteiger partial charge < -0.3 is 5.73 Å². The zero-order valence-electron chi connectivity index (χ0n) is 10.4. The molecule has 0 spiro atoms. The maximum Gasteiger partial charge on any atom is 0.164 e. The summed E-state index contributed by atoms with van der Waals surface area (Å²) < 4.78 is 0.875. The molecular weight excluding hydrogens is 396 g/mol. The Bertz CT molecular complexity index is 609. The summed E-state index contributed by atoms with van der Waals surface area (Å²) in [6, 6.07) is 5.30. The maximum absolute atomic E-state index is 6.18. The van der Waals surface area contributed by atoms with Gasteiger partial charge in [0.2, 0.25) is 0 Å². The molecule has 0 aliphatic heterocycles. The van der Waals surface area contributed by atoms with Gasteiger partial charge in [-0.25, -0.2) is 9.97 Å². The molecule has 0 saturated carbocycles. The minimum Gasteiger partial charge on any atom is -0.383 e. The number of nitrogens with two attached hydrogens (primary N) is 1. The first-order valence-corrected chi connectivity index (χ1v) is 7.52. The van der Waals surface area contributed by atoms with Crippen LogP contribution in [-0.4, -0.2) is 9.97 Å². The van der Waals surface area contributed by atoms with Crippen LogP contribution < -0.4 is 5.73 Å². The van der Waals surface area contributed by atoms with Crippen molar-refractivity contribution in [1.82, 2.24) is 9.97 Å². The van der Waals surface area contributed by atoms with Crippen LogP contribution in [0.5, 0.6) is 0 Å². The van der Waals surface area contributed by atoms with Crippen molar-refractivity contribution in [1.29, 1.82) is 0 Å². The molecule has 0 amide bonds. The van der Waals surface area contributed by atoms with Crippen LogP contribution in [0, 0.1) is 3.57 Å². The smallest absolute Gasteiger partial charge is 0.164 e. The van der Waals surface area contributed by atoms with Crippen LogP contribution in [0.3, 0.4) is 0 Å². The van der Waals surface area contributed by atoms with Gasteiger partial charge in [-0.3, -0.25) is 0 Å². The molecule has 0 fully saturated rings. The van der Waals surface area contributed by atoms with Crippen molar-refractivity contribution < 1.29 is 0 Å². The molecule has 0 atom stereocenters. The van der Waals surface area contributed by atoms with Crippen molar-refractivity contribution in [3.05, 3.63) is 37.5 Å². The van der Waals surface area contributed by atoms with Gasteiger partial charge >= 0.3 is 0 Å². The third kappa shape index (κ3) is 2.95. The molecule has 100 valence electrons. The van der Waals surface area contributed by atoms with E-state index in [0.717, 1.165) is 9.26 Å². The molecule has 2 N–H and O–H groups in total. The standard InChI is InChI=1S/C13H12Cl2IN3/c1-6(2)11-10(16)12(17)19-13(18-11)9-7(14)4-3-5-8(9)15/h3-6H,1-2H3,(H2,17,18,19). The predicted octanol–water partition coefficient (Wildman–Crippen LogP) is 4.76. The number of benzene rings is 1.